The molecule has 1 amide bonds. The number of primary amides is 1. The van der Waals surface area contributed by atoms with E-state index in [2.05, 4.69) is 10.4 Å². The van der Waals surface area contributed by atoms with Crippen LogP contribution in [0.2, 0.25) is 0 Å². The van der Waals surface area contributed by atoms with Gasteiger partial charge < -0.3 is 11.1 Å². The van der Waals surface area contributed by atoms with Gasteiger partial charge in [-0.25, -0.2) is 0 Å². The van der Waals surface area contributed by atoms with E-state index < -0.39 is 23.8 Å². The first-order valence-corrected chi connectivity index (χ1v) is 4.98. The summed E-state index contributed by atoms with van der Waals surface area (Å²) in [6.07, 6.45) is -3.32. The lowest BCUT2D eigenvalue weighted by Crippen LogP contribution is -2.44. The van der Waals surface area contributed by atoms with E-state index in [1.165, 1.54) is 0 Å². The maximum absolute atomic E-state index is 12.3. The van der Waals surface area contributed by atoms with Gasteiger partial charge in [0.25, 0.3) is 0 Å². The van der Waals surface area contributed by atoms with Crippen LogP contribution in [0.25, 0.3) is 0 Å². The Kier molecular flexibility index (Phi) is 4.11. The SMILES string of the molecule is CCNC(Cn1ccc(C(F)(F)F)n1)C(N)=O. The van der Waals surface area contributed by atoms with Gasteiger partial charge in [0.15, 0.2) is 5.69 Å². The molecule has 0 saturated carbocycles. The summed E-state index contributed by atoms with van der Waals surface area (Å²) in [5, 5.41) is 6.09. The number of rotatable bonds is 5. The lowest BCUT2D eigenvalue weighted by atomic mass is 10.3. The molecule has 96 valence electrons. The molecule has 1 aromatic heterocycles. The molecule has 0 spiro atoms. The van der Waals surface area contributed by atoms with Crippen LogP contribution in [0.3, 0.4) is 0 Å². The normalized spacial score (nSPS) is 13.6. The maximum Gasteiger partial charge on any atom is 0.435 e. The minimum Gasteiger partial charge on any atom is -0.368 e. The number of nitrogens with zero attached hydrogens (tertiary/aromatic N) is 2. The number of nitrogens with one attached hydrogen (secondary N) is 1. The molecule has 0 aromatic carbocycles. The average Bonchev–Trinajstić information content (AvgIpc) is 2.64. The van der Waals surface area contributed by atoms with Crippen molar-refractivity contribution >= 4 is 5.91 Å². The van der Waals surface area contributed by atoms with Crippen molar-refractivity contribution in [2.75, 3.05) is 6.54 Å². The number of hydrogen-bond acceptors (Lipinski definition) is 3. The van der Waals surface area contributed by atoms with Gasteiger partial charge in [-0.05, 0) is 12.6 Å². The third-order valence-corrected chi connectivity index (χ3v) is 2.09. The standard InChI is InChI=1S/C9H13F3N4O/c1-2-14-6(8(13)17)5-16-4-3-7(15-16)9(10,11)12/h3-4,6,14H,2,5H2,1H3,(H2,13,17). The molecule has 1 aromatic rings. The van der Waals surface area contributed by atoms with Gasteiger partial charge in [0, 0.05) is 6.20 Å². The number of aromatic nitrogens is 2. The molecule has 8 heteroatoms. The Morgan fingerprint density at radius 1 is 1.65 bits per heavy atom. The van der Waals surface area contributed by atoms with E-state index in [1.807, 2.05) is 0 Å². The van der Waals surface area contributed by atoms with Gasteiger partial charge >= 0.3 is 6.18 Å². The summed E-state index contributed by atoms with van der Waals surface area (Å²) in [4.78, 5) is 11.0. The van der Waals surface area contributed by atoms with Gasteiger partial charge in [-0.15, -0.1) is 0 Å². The highest BCUT2D eigenvalue weighted by Crippen LogP contribution is 2.27. The fraction of sp³-hybridized carbons (Fsp3) is 0.556. The molecule has 0 aliphatic carbocycles. The molecule has 0 aliphatic rings. The summed E-state index contributed by atoms with van der Waals surface area (Å²) >= 11 is 0. The first kappa shape index (κ1) is 13.5. The van der Waals surface area contributed by atoms with Gasteiger partial charge in [0.2, 0.25) is 5.91 Å². The average molecular weight is 250 g/mol. The lowest BCUT2D eigenvalue weighted by molar-refractivity contribution is -0.141. The van der Waals surface area contributed by atoms with E-state index in [0.717, 1.165) is 16.9 Å². The van der Waals surface area contributed by atoms with E-state index >= 15 is 0 Å². The molecule has 1 unspecified atom stereocenters. The van der Waals surface area contributed by atoms with Crippen molar-refractivity contribution in [3.8, 4) is 0 Å². The fourth-order valence-electron chi connectivity index (χ4n) is 1.30. The molecule has 1 atom stereocenters. The van der Waals surface area contributed by atoms with Crippen LogP contribution in [-0.2, 0) is 17.5 Å². The largest absolute Gasteiger partial charge is 0.435 e. The minimum absolute atomic E-state index is 0.0285. The second kappa shape index (κ2) is 5.17. The number of amides is 1. The number of nitrogens with two attached hydrogens (primary N) is 1. The fourth-order valence-corrected chi connectivity index (χ4v) is 1.30. The van der Waals surface area contributed by atoms with Crippen molar-refractivity contribution in [1.29, 1.82) is 0 Å². The highest BCUT2D eigenvalue weighted by atomic mass is 19.4. The molecule has 0 bridgehead atoms. The Morgan fingerprint density at radius 3 is 2.71 bits per heavy atom. The third kappa shape index (κ3) is 3.74. The van der Waals surface area contributed by atoms with Gasteiger partial charge in [-0.2, -0.15) is 18.3 Å². The van der Waals surface area contributed by atoms with Crippen molar-refractivity contribution in [1.82, 2.24) is 15.1 Å². The first-order chi connectivity index (χ1) is 7.84. The summed E-state index contributed by atoms with van der Waals surface area (Å²) in [6, 6.07) is 0.116. The number of hydrogen-bond donors (Lipinski definition) is 2. The molecule has 0 saturated heterocycles. The number of carbonyl (C=O) groups is 1. The topological polar surface area (TPSA) is 72.9 Å². The molecule has 1 rings (SSSR count). The van der Waals surface area contributed by atoms with Gasteiger partial charge in [0.1, 0.15) is 6.04 Å². The summed E-state index contributed by atoms with van der Waals surface area (Å²) in [6.45, 7) is 2.22. The number of likely N-dealkylation sites (N-methyl/N-ethyl adjacent to an activating group) is 1. The predicted octanol–water partition coefficient (Wildman–Crippen LogP) is 0.365. The monoisotopic (exact) mass is 250 g/mol. The smallest absolute Gasteiger partial charge is 0.368 e. The van der Waals surface area contributed by atoms with Gasteiger partial charge in [-0.1, -0.05) is 6.92 Å². The molecule has 0 fully saturated rings. The Labute approximate surface area is 95.8 Å². The molecule has 0 aliphatic heterocycles. The number of alkyl halides is 3. The van der Waals surface area contributed by atoms with E-state index in [4.69, 9.17) is 5.73 Å². The molecular weight excluding hydrogens is 237 g/mol. The highest BCUT2D eigenvalue weighted by molar-refractivity contribution is 5.79. The van der Waals surface area contributed by atoms with Crippen LogP contribution in [0.1, 0.15) is 12.6 Å². The van der Waals surface area contributed by atoms with Crippen LogP contribution in [0.5, 0.6) is 0 Å². The van der Waals surface area contributed by atoms with E-state index in [0.29, 0.717) is 6.54 Å². The van der Waals surface area contributed by atoms with Gasteiger partial charge in [0.05, 0.1) is 6.54 Å². The molecular formula is C9H13F3N4O. The quantitative estimate of drug-likeness (QED) is 0.792. The van der Waals surface area contributed by atoms with E-state index in [9.17, 15) is 18.0 Å². The van der Waals surface area contributed by atoms with Crippen molar-refractivity contribution < 1.29 is 18.0 Å². The summed E-state index contributed by atoms with van der Waals surface area (Å²) in [5.74, 6) is -0.629. The zero-order chi connectivity index (χ0) is 13.1. The zero-order valence-corrected chi connectivity index (χ0v) is 9.16. The van der Waals surface area contributed by atoms with Crippen molar-refractivity contribution in [2.24, 2.45) is 5.73 Å². The summed E-state index contributed by atoms with van der Waals surface area (Å²) in [7, 11) is 0. The minimum atomic E-state index is -4.48. The molecule has 3 N–H and O–H groups in total. The van der Waals surface area contributed by atoms with E-state index in [1.54, 1.807) is 6.92 Å². The molecule has 1 heterocycles. The third-order valence-electron chi connectivity index (χ3n) is 2.09. The second-order valence-electron chi connectivity index (χ2n) is 3.43. The summed E-state index contributed by atoms with van der Waals surface area (Å²) in [5.41, 5.74) is 4.11. The van der Waals surface area contributed by atoms with Crippen LogP contribution < -0.4 is 11.1 Å². The summed E-state index contributed by atoms with van der Waals surface area (Å²) < 4.78 is 37.8. The highest BCUT2D eigenvalue weighted by Gasteiger charge is 2.33. The zero-order valence-electron chi connectivity index (χ0n) is 9.16. The Hall–Kier alpha value is -1.57. The first-order valence-electron chi connectivity index (χ1n) is 4.98. The maximum atomic E-state index is 12.3. The number of halogens is 3. The van der Waals surface area contributed by atoms with Crippen molar-refractivity contribution in [3.05, 3.63) is 18.0 Å². The Bertz CT molecular complexity index is 388. The molecule has 5 nitrogen and oxygen atoms in total. The van der Waals surface area contributed by atoms with Gasteiger partial charge in [-0.3, -0.25) is 9.48 Å². The second-order valence-corrected chi connectivity index (χ2v) is 3.43. The molecule has 0 radical (unpaired) electrons. The van der Waals surface area contributed by atoms with Crippen LogP contribution in [-0.4, -0.2) is 28.3 Å². The predicted molar refractivity (Wildman–Crippen MR) is 53.9 cm³/mol. The van der Waals surface area contributed by atoms with Crippen LogP contribution >= 0.6 is 0 Å². The Balaban J connectivity index is 2.74. The van der Waals surface area contributed by atoms with Crippen molar-refractivity contribution in [3.63, 3.8) is 0 Å². The van der Waals surface area contributed by atoms with Crippen molar-refractivity contribution in [2.45, 2.75) is 25.7 Å². The van der Waals surface area contributed by atoms with Crippen LogP contribution in [0.15, 0.2) is 12.3 Å². The van der Waals surface area contributed by atoms with Crippen LogP contribution in [0.4, 0.5) is 13.2 Å². The van der Waals surface area contributed by atoms with Crippen LogP contribution in [0, 0.1) is 0 Å². The Morgan fingerprint density at radius 2 is 2.29 bits per heavy atom. The van der Waals surface area contributed by atoms with E-state index in [-0.39, 0.29) is 6.54 Å². The molecule has 17 heavy (non-hydrogen) atoms. The number of carbonyl (C=O) groups excluding carboxylic acids is 1. The lowest BCUT2D eigenvalue weighted by Gasteiger charge is -2.13.